The lowest BCUT2D eigenvalue weighted by Gasteiger charge is -2.11. The van der Waals surface area contributed by atoms with Crippen LogP contribution >= 0.6 is 0 Å². The van der Waals surface area contributed by atoms with Gasteiger partial charge in [0.15, 0.2) is 0 Å². The van der Waals surface area contributed by atoms with Gasteiger partial charge in [-0.1, -0.05) is 6.07 Å². The summed E-state index contributed by atoms with van der Waals surface area (Å²) in [4.78, 5) is 19.1. The van der Waals surface area contributed by atoms with Gasteiger partial charge in [0, 0.05) is 24.3 Å². The van der Waals surface area contributed by atoms with Gasteiger partial charge in [0.25, 0.3) is 0 Å². The van der Waals surface area contributed by atoms with E-state index in [-0.39, 0.29) is 5.91 Å². The molecule has 1 aromatic carbocycles. The normalized spacial score (nSPS) is 19.4. The number of nitrogens with one attached hydrogen (secondary N) is 2. The first-order valence-electron chi connectivity index (χ1n) is 6.65. The Bertz CT molecular complexity index is 697. The molecule has 1 aliphatic heterocycles. The summed E-state index contributed by atoms with van der Waals surface area (Å²) in [5.74, 6) is 1.72. The third-order valence-electron chi connectivity index (χ3n) is 3.70. The number of amides is 1. The number of hydrogen-bond acceptors (Lipinski definition) is 3. The summed E-state index contributed by atoms with van der Waals surface area (Å²) in [6, 6.07) is 6.13. The summed E-state index contributed by atoms with van der Waals surface area (Å²) in [7, 11) is 0. The number of rotatable bonds is 2. The van der Waals surface area contributed by atoms with Gasteiger partial charge in [-0.05, 0) is 25.0 Å². The highest BCUT2D eigenvalue weighted by molar-refractivity contribution is 6.05. The zero-order chi connectivity index (χ0) is 12.8. The van der Waals surface area contributed by atoms with Crippen LogP contribution in [0.4, 0.5) is 0 Å². The van der Waals surface area contributed by atoms with E-state index in [4.69, 9.17) is 0 Å². The van der Waals surface area contributed by atoms with Gasteiger partial charge in [0.2, 0.25) is 5.91 Å². The number of carbonyl (C=O) groups is 1. The lowest BCUT2D eigenvalue weighted by atomic mass is 10.0. The van der Waals surface area contributed by atoms with E-state index in [1.54, 1.807) is 0 Å². The number of imidazole rings is 1. The van der Waals surface area contributed by atoms with Gasteiger partial charge in [-0.3, -0.25) is 4.79 Å². The van der Waals surface area contributed by atoms with E-state index in [2.05, 4.69) is 20.5 Å². The average Bonchev–Trinajstić information content (AvgIpc) is 3.19. The molecule has 0 atom stereocenters. The van der Waals surface area contributed by atoms with Crippen LogP contribution in [0.15, 0.2) is 23.3 Å². The lowest BCUT2D eigenvalue weighted by molar-refractivity contribution is -0.121. The molecule has 5 heteroatoms. The highest BCUT2D eigenvalue weighted by atomic mass is 16.2. The third-order valence-corrected chi connectivity index (χ3v) is 3.70. The summed E-state index contributed by atoms with van der Waals surface area (Å²) in [5.41, 5.74) is 6.56. The summed E-state index contributed by atoms with van der Waals surface area (Å²) in [5, 5.41) is 4.12. The predicted octanol–water partition coefficient (Wildman–Crippen LogP) is 2.05. The number of benzene rings is 1. The maximum Gasteiger partial charge on any atom is 0.240 e. The molecule has 5 nitrogen and oxygen atoms in total. The van der Waals surface area contributed by atoms with Crippen LogP contribution in [0.2, 0.25) is 0 Å². The Kier molecular flexibility index (Phi) is 2.21. The summed E-state index contributed by atoms with van der Waals surface area (Å²) in [6.07, 6.45) is 3.68. The monoisotopic (exact) mass is 254 g/mol. The van der Waals surface area contributed by atoms with Gasteiger partial charge >= 0.3 is 0 Å². The zero-order valence-electron chi connectivity index (χ0n) is 10.4. The number of hydrogen-bond donors (Lipinski definition) is 2. The van der Waals surface area contributed by atoms with E-state index in [0.29, 0.717) is 18.8 Å². The third kappa shape index (κ3) is 1.91. The summed E-state index contributed by atoms with van der Waals surface area (Å²) >= 11 is 0. The summed E-state index contributed by atoms with van der Waals surface area (Å²) in [6.45, 7) is 0. The maximum atomic E-state index is 11.1. The van der Waals surface area contributed by atoms with Gasteiger partial charge in [0.05, 0.1) is 16.7 Å². The number of nitrogens with zero attached hydrogens (tertiary/aromatic N) is 2. The molecule has 2 aliphatic rings. The average molecular weight is 254 g/mol. The molecular weight excluding hydrogens is 240 g/mol. The Morgan fingerprint density at radius 2 is 2.11 bits per heavy atom. The van der Waals surface area contributed by atoms with Crippen LogP contribution in [0.1, 0.15) is 43.0 Å². The molecule has 96 valence electrons. The molecule has 0 saturated heterocycles. The van der Waals surface area contributed by atoms with Crippen LogP contribution in [-0.2, 0) is 4.79 Å². The molecule has 0 bridgehead atoms. The minimum absolute atomic E-state index is 0.0133. The molecule has 1 fully saturated rings. The van der Waals surface area contributed by atoms with Crippen LogP contribution in [0.25, 0.3) is 11.0 Å². The summed E-state index contributed by atoms with van der Waals surface area (Å²) < 4.78 is 0. The second-order valence-electron chi connectivity index (χ2n) is 5.22. The standard InChI is InChI=1S/C14H14N4O/c19-13-6-5-10(17-18-13)9-3-4-11-12(7-9)16-14(15-11)8-1-2-8/h3-4,7-8H,1-2,5-6H2,(H,15,16)(H,18,19). The number of fused-ring (bicyclic) bond motifs is 1. The first-order valence-corrected chi connectivity index (χ1v) is 6.65. The van der Waals surface area contributed by atoms with Crippen LogP contribution in [0.3, 0.4) is 0 Å². The largest absolute Gasteiger partial charge is 0.342 e. The van der Waals surface area contributed by atoms with Crippen molar-refractivity contribution in [1.29, 1.82) is 0 Å². The smallest absolute Gasteiger partial charge is 0.240 e. The van der Waals surface area contributed by atoms with Crippen molar-refractivity contribution in [2.45, 2.75) is 31.6 Å². The van der Waals surface area contributed by atoms with E-state index in [0.717, 1.165) is 28.1 Å². The van der Waals surface area contributed by atoms with E-state index >= 15 is 0 Å². The quantitative estimate of drug-likeness (QED) is 0.861. The highest BCUT2D eigenvalue weighted by Crippen LogP contribution is 2.39. The number of aromatic amines is 1. The highest BCUT2D eigenvalue weighted by Gasteiger charge is 2.26. The molecule has 19 heavy (non-hydrogen) atoms. The minimum Gasteiger partial charge on any atom is -0.342 e. The van der Waals surface area contributed by atoms with Crippen molar-refractivity contribution in [3.05, 3.63) is 29.6 Å². The molecule has 2 aromatic rings. The Labute approximate surface area is 110 Å². The van der Waals surface area contributed by atoms with Crippen LogP contribution in [0, 0.1) is 0 Å². The first kappa shape index (κ1) is 10.7. The first-order chi connectivity index (χ1) is 9.29. The second-order valence-corrected chi connectivity index (χ2v) is 5.22. The molecule has 1 aliphatic carbocycles. The molecule has 1 amide bonds. The Morgan fingerprint density at radius 1 is 1.21 bits per heavy atom. The van der Waals surface area contributed by atoms with E-state index in [1.807, 2.05) is 18.2 Å². The molecule has 1 saturated carbocycles. The van der Waals surface area contributed by atoms with E-state index in [9.17, 15) is 4.79 Å². The fourth-order valence-corrected chi connectivity index (χ4v) is 2.44. The van der Waals surface area contributed by atoms with Crippen molar-refractivity contribution in [3.8, 4) is 0 Å². The number of H-pyrrole nitrogens is 1. The van der Waals surface area contributed by atoms with Crippen molar-refractivity contribution < 1.29 is 4.79 Å². The van der Waals surface area contributed by atoms with Gasteiger partial charge in [-0.2, -0.15) is 5.10 Å². The van der Waals surface area contributed by atoms with Gasteiger partial charge in [-0.15, -0.1) is 0 Å². The molecule has 4 rings (SSSR count). The van der Waals surface area contributed by atoms with E-state index in [1.165, 1.54) is 12.8 Å². The number of aromatic nitrogens is 2. The van der Waals surface area contributed by atoms with E-state index < -0.39 is 0 Å². The van der Waals surface area contributed by atoms with Crippen molar-refractivity contribution in [3.63, 3.8) is 0 Å². The number of hydrazone groups is 1. The molecule has 0 spiro atoms. The van der Waals surface area contributed by atoms with Crippen molar-refractivity contribution in [2.24, 2.45) is 5.10 Å². The predicted molar refractivity (Wildman–Crippen MR) is 72.0 cm³/mol. The lowest BCUT2D eigenvalue weighted by Crippen LogP contribution is -2.25. The van der Waals surface area contributed by atoms with Crippen LogP contribution < -0.4 is 5.43 Å². The van der Waals surface area contributed by atoms with Crippen LogP contribution in [0.5, 0.6) is 0 Å². The van der Waals surface area contributed by atoms with Crippen molar-refractivity contribution in [2.75, 3.05) is 0 Å². The Morgan fingerprint density at radius 3 is 2.84 bits per heavy atom. The fourth-order valence-electron chi connectivity index (χ4n) is 2.44. The van der Waals surface area contributed by atoms with Crippen molar-refractivity contribution >= 4 is 22.7 Å². The minimum atomic E-state index is -0.0133. The van der Waals surface area contributed by atoms with Gasteiger partial charge in [-0.25, -0.2) is 10.4 Å². The van der Waals surface area contributed by atoms with Gasteiger partial charge < -0.3 is 4.98 Å². The molecule has 2 N–H and O–H groups in total. The molecule has 2 heterocycles. The second kappa shape index (κ2) is 3.91. The SMILES string of the molecule is O=C1CCC(c2ccc3[nH]c(C4CC4)nc3c2)=NN1. The van der Waals surface area contributed by atoms with Crippen molar-refractivity contribution in [1.82, 2.24) is 15.4 Å². The topological polar surface area (TPSA) is 70.1 Å². The fraction of sp³-hybridized carbons (Fsp3) is 0.357. The molecule has 0 unspecified atom stereocenters. The van der Waals surface area contributed by atoms with Crippen LogP contribution in [-0.4, -0.2) is 21.6 Å². The Hall–Kier alpha value is -2.17. The zero-order valence-corrected chi connectivity index (χ0v) is 10.4. The van der Waals surface area contributed by atoms with Gasteiger partial charge in [0.1, 0.15) is 5.82 Å². The maximum absolute atomic E-state index is 11.1. The molecule has 1 aromatic heterocycles. The number of carbonyl (C=O) groups excluding carboxylic acids is 1. The Balaban J connectivity index is 1.72. The molecule has 0 radical (unpaired) electrons. The molecular formula is C14H14N4O.